The van der Waals surface area contributed by atoms with Gasteiger partial charge in [-0.05, 0) is 6.92 Å². The molecule has 5 heteroatoms. The minimum Gasteiger partial charge on any atom is -0.359 e. The number of methoxy groups -OCH3 is 3. The SMILES string of the molecule is COC(OC)C(C)(N[SiH3])OC. The number of nitrogens with one attached hydrogen (secondary N) is 1. The first-order valence-electron chi connectivity index (χ1n) is 3.44. The molecule has 0 saturated heterocycles. The molecule has 0 heterocycles. The van der Waals surface area contributed by atoms with Crippen molar-refractivity contribution in [1.29, 1.82) is 0 Å². The van der Waals surface area contributed by atoms with E-state index in [9.17, 15) is 0 Å². The third-order valence-corrected chi connectivity index (χ3v) is 2.79. The highest BCUT2D eigenvalue weighted by molar-refractivity contribution is 6.04. The van der Waals surface area contributed by atoms with Crippen LogP contribution in [0.15, 0.2) is 0 Å². The van der Waals surface area contributed by atoms with E-state index in [0.717, 1.165) is 10.4 Å². The zero-order valence-electron chi connectivity index (χ0n) is 7.80. The molecule has 0 aliphatic rings. The third kappa shape index (κ3) is 2.53. The number of ether oxygens (including phenoxy) is 3. The molecule has 1 unspecified atom stereocenters. The molecule has 0 radical (unpaired) electrons. The molecule has 0 aromatic heterocycles. The van der Waals surface area contributed by atoms with Crippen LogP contribution in [0.4, 0.5) is 0 Å². The Balaban J connectivity index is 4.19. The Kier molecular flexibility index (Phi) is 4.86. The van der Waals surface area contributed by atoms with Gasteiger partial charge in [0.2, 0.25) is 0 Å². The Morgan fingerprint density at radius 2 is 1.73 bits per heavy atom. The fraction of sp³-hybridized carbons (Fsp3) is 1.00. The fourth-order valence-corrected chi connectivity index (χ4v) is 1.30. The van der Waals surface area contributed by atoms with Crippen molar-refractivity contribution in [2.45, 2.75) is 18.9 Å². The minimum absolute atomic E-state index is 0.370. The average Bonchev–Trinajstić information content (AvgIpc) is 2.06. The predicted molar refractivity (Wildman–Crippen MR) is 46.3 cm³/mol. The second-order valence-electron chi connectivity index (χ2n) is 2.36. The zero-order valence-corrected chi connectivity index (χ0v) is 9.80. The topological polar surface area (TPSA) is 39.7 Å². The summed E-state index contributed by atoms with van der Waals surface area (Å²) in [6.07, 6.45) is -0.370. The molecule has 0 bridgehead atoms. The summed E-state index contributed by atoms with van der Waals surface area (Å²) in [6, 6.07) is 0. The summed E-state index contributed by atoms with van der Waals surface area (Å²) in [5.41, 5.74) is -0.532. The number of hydrogen-bond donors (Lipinski definition) is 1. The Hall–Kier alpha value is 0.0569. The summed E-state index contributed by atoms with van der Waals surface area (Å²) in [4.78, 5) is 3.10. The summed E-state index contributed by atoms with van der Waals surface area (Å²) in [7, 11) is 5.62. The molecule has 0 spiro atoms. The van der Waals surface area contributed by atoms with Crippen LogP contribution in [0, 0.1) is 0 Å². The maximum absolute atomic E-state index is 5.20. The van der Waals surface area contributed by atoms with Gasteiger partial charge in [0.25, 0.3) is 0 Å². The van der Waals surface area contributed by atoms with Crippen molar-refractivity contribution < 1.29 is 14.2 Å². The van der Waals surface area contributed by atoms with E-state index in [0.29, 0.717) is 0 Å². The Labute approximate surface area is 70.7 Å². The van der Waals surface area contributed by atoms with E-state index < -0.39 is 5.72 Å². The molecule has 0 rings (SSSR count). The highest BCUT2D eigenvalue weighted by Crippen LogP contribution is 2.13. The largest absolute Gasteiger partial charge is 0.359 e. The van der Waals surface area contributed by atoms with Gasteiger partial charge in [0, 0.05) is 21.3 Å². The lowest BCUT2D eigenvalue weighted by molar-refractivity contribution is -0.223. The molecule has 0 fully saturated rings. The smallest absolute Gasteiger partial charge is 0.199 e. The van der Waals surface area contributed by atoms with Crippen LogP contribution in [-0.4, -0.2) is 43.7 Å². The summed E-state index contributed by atoms with van der Waals surface area (Å²) >= 11 is 0. The molecular formula is C6H17NO3Si. The van der Waals surface area contributed by atoms with Gasteiger partial charge in [-0.3, -0.25) is 0 Å². The van der Waals surface area contributed by atoms with Crippen molar-refractivity contribution in [2.75, 3.05) is 21.3 Å². The quantitative estimate of drug-likeness (QED) is 0.427. The average molecular weight is 179 g/mol. The predicted octanol–water partition coefficient (Wildman–Crippen LogP) is -1.16. The van der Waals surface area contributed by atoms with Crippen LogP contribution in [0.2, 0.25) is 0 Å². The van der Waals surface area contributed by atoms with Crippen molar-refractivity contribution >= 4 is 10.4 Å². The van der Waals surface area contributed by atoms with Crippen LogP contribution in [0.25, 0.3) is 0 Å². The highest BCUT2D eigenvalue weighted by atomic mass is 28.2. The van der Waals surface area contributed by atoms with Crippen LogP contribution < -0.4 is 4.98 Å². The van der Waals surface area contributed by atoms with Gasteiger partial charge in [0.15, 0.2) is 12.0 Å². The molecular weight excluding hydrogens is 162 g/mol. The molecule has 0 aliphatic heterocycles. The molecule has 0 aromatic rings. The van der Waals surface area contributed by atoms with Gasteiger partial charge >= 0.3 is 0 Å². The van der Waals surface area contributed by atoms with Crippen LogP contribution in [0.3, 0.4) is 0 Å². The van der Waals surface area contributed by atoms with E-state index >= 15 is 0 Å². The van der Waals surface area contributed by atoms with Crippen LogP contribution >= 0.6 is 0 Å². The van der Waals surface area contributed by atoms with Crippen LogP contribution in [-0.2, 0) is 14.2 Å². The summed E-state index contributed by atoms with van der Waals surface area (Å²) < 4.78 is 15.3. The molecule has 0 amide bonds. The molecule has 0 saturated carbocycles. The number of hydrogen-bond acceptors (Lipinski definition) is 4. The van der Waals surface area contributed by atoms with Gasteiger partial charge in [-0.1, -0.05) is 0 Å². The third-order valence-electron chi connectivity index (χ3n) is 1.80. The van der Waals surface area contributed by atoms with Gasteiger partial charge < -0.3 is 19.2 Å². The first kappa shape index (κ1) is 11.1. The summed E-state index contributed by atoms with van der Waals surface area (Å²) in [5, 5.41) is 0. The molecule has 11 heavy (non-hydrogen) atoms. The maximum atomic E-state index is 5.20. The van der Waals surface area contributed by atoms with Gasteiger partial charge in [-0.2, -0.15) is 0 Å². The normalized spacial score (nSPS) is 17.2. The lowest BCUT2D eigenvalue weighted by atomic mass is 10.3. The second-order valence-corrected chi connectivity index (χ2v) is 2.86. The standard InChI is InChI=1S/C6H17NO3Si/c1-6(7-11,10-4)5(8-2)9-3/h5,7H,1-4,11H3. The van der Waals surface area contributed by atoms with Crippen molar-refractivity contribution in [3.05, 3.63) is 0 Å². The fourth-order valence-electron chi connectivity index (χ4n) is 0.862. The zero-order chi connectivity index (χ0) is 8.91. The van der Waals surface area contributed by atoms with E-state index in [1.807, 2.05) is 6.92 Å². The van der Waals surface area contributed by atoms with Crippen molar-refractivity contribution in [3.63, 3.8) is 0 Å². The molecule has 1 N–H and O–H groups in total. The number of rotatable bonds is 5. The van der Waals surface area contributed by atoms with Gasteiger partial charge in [-0.25, -0.2) is 0 Å². The van der Waals surface area contributed by atoms with E-state index in [2.05, 4.69) is 4.98 Å². The molecule has 0 aliphatic carbocycles. The van der Waals surface area contributed by atoms with Gasteiger partial charge in [0.1, 0.15) is 0 Å². The van der Waals surface area contributed by atoms with Crippen LogP contribution in [0.1, 0.15) is 6.92 Å². The summed E-state index contributed by atoms with van der Waals surface area (Å²) in [5.74, 6) is 0. The van der Waals surface area contributed by atoms with E-state index in [4.69, 9.17) is 14.2 Å². The highest BCUT2D eigenvalue weighted by Gasteiger charge is 2.32. The second kappa shape index (κ2) is 4.84. The maximum Gasteiger partial charge on any atom is 0.199 e. The Morgan fingerprint density at radius 1 is 1.27 bits per heavy atom. The minimum atomic E-state index is -0.532. The van der Waals surface area contributed by atoms with Crippen molar-refractivity contribution in [1.82, 2.24) is 4.98 Å². The molecule has 0 aromatic carbocycles. The van der Waals surface area contributed by atoms with E-state index in [-0.39, 0.29) is 6.29 Å². The van der Waals surface area contributed by atoms with Crippen LogP contribution in [0.5, 0.6) is 0 Å². The first-order valence-corrected chi connectivity index (χ1v) is 4.44. The van der Waals surface area contributed by atoms with E-state index in [1.54, 1.807) is 21.3 Å². The molecule has 68 valence electrons. The van der Waals surface area contributed by atoms with Gasteiger partial charge in [-0.15, -0.1) is 0 Å². The Morgan fingerprint density at radius 3 is 1.82 bits per heavy atom. The summed E-state index contributed by atoms with van der Waals surface area (Å²) in [6.45, 7) is 1.89. The Bertz CT molecular complexity index is 104. The molecule has 1 atom stereocenters. The first-order chi connectivity index (χ1) is 5.14. The molecule has 4 nitrogen and oxygen atoms in total. The lowest BCUT2D eigenvalue weighted by Crippen LogP contribution is -2.54. The van der Waals surface area contributed by atoms with Crippen molar-refractivity contribution in [3.8, 4) is 0 Å². The monoisotopic (exact) mass is 179 g/mol. The van der Waals surface area contributed by atoms with Gasteiger partial charge in [0.05, 0.1) is 10.4 Å². The van der Waals surface area contributed by atoms with Crippen molar-refractivity contribution in [2.24, 2.45) is 0 Å². The van der Waals surface area contributed by atoms with E-state index in [1.165, 1.54) is 0 Å². The lowest BCUT2D eigenvalue weighted by Gasteiger charge is -2.33.